The Morgan fingerprint density at radius 3 is 2.60 bits per heavy atom. The number of aryl methyl sites for hydroxylation is 2. The third-order valence-electron chi connectivity index (χ3n) is 5.42. The van der Waals surface area contributed by atoms with Gasteiger partial charge in [0.05, 0.1) is 0 Å². The van der Waals surface area contributed by atoms with E-state index in [9.17, 15) is 4.79 Å². The van der Waals surface area contributed by atoms with E-state index < -0.39 is 0 Å². The second-order valence-corrected chi connectivity index (χ2v) is 7.44. The Hall–Kier alpha value is -1.81. The zero-order valence-corrected chi connectivity index (χ0v) is 15.7. The van der Waals surface area contributed by atoms with Crippen molar-refractivity contribution in [2.24, 2.45) is 0 Å². The highest BCUT2D eigenvalue weighted by Gasteiger charge is 2.21. The Labute approximate surface area is 151 Å². The van der Waals surface area contributed by atoms with Crippen LogP contribution in [0.15, 0.2) is 29.8 Å². The monoisotopic (exact) mass is 341 g/mol. The number of carbonyl (C=O) groups is 1. The van der Waals surface area contributed by atoms with E-state index in [0.717, 1.165) is 44.0 Å². The molecule has 4 nitrogen and oxygen atoms in total. The number of benzene rings is 1. The van der Waals surface area contributed by atoms with Gasteiger partial charge in [-0.25, -0.2) is 4.79 Å². The lowest BCUT2D eigenvalue weighted by Crippen LogP contribution is -2.50. The molecule has 0 bridgehead atoms. The first-order valence-electron chi connectivity index (χ1n) is 9.65. The molecular formula is C21H31N3O. The van der Waals surface area contributed by atoms with Gasteiger partial charge in [-0.3, -0.25) is 4.90 Å². The fourth-order valence-corrected chi connectivity index (χ4v) is 3.76. The number of hydrogen-bond acceptors (Lipinski definition) is 2. The van der Waals surface area contributed by atoms with Crippen molar-refractivity contribution in [3.8, 4) is 0 Å². The molecule has 136 valence electrons. The van der Waals surface area contributed by atoms with Gasteiger partial charge in [-0.05, 0) is 57.6 Å². The topological polar surface area (TPSA) is 35.6 Å². The van der Waals surface area contributed by atoms with Crippen molar-refractivity contribution in [2.75, 3.05) is 38.0 Å². The van der Waals surface area contributed by atoms with Gasteiger partial charge < -0.3 is 10.2 Å². The van der Waals surface area contributed by atoms with Crippen molar-refractivity contribution in [2.45, 2.75) is 46.0 Å². The molecule has 0 spiro atoms. The van der Waals surface area contributed by atoms with Crippen LogP contribution < -0.4 is 5.32 Å². The summed E-state index contributed by atoms with van der Waals surface area (Å²) >= 11 is 0. The number of carbonyl (C=O) groups excluding carboxylic acids is 1. The van der Waals surface area contributed by atoms with Gasteiger partial charge in [-0.15, -0.1) is 0 Å². The molecule has 1 fully saturated rings. The van der Waals surface area contributed by atoms with Gasteiger partial charge in [0, 0.05) is 38.4 Å². The average Bonchev–Trinajstić information content (AvgIpc) is 2.63. The Kier molecular flexibility index (Phi) is 6.14. The molecule has 3 rings (SSSR count). The summed E-state index contributed by atoms with van der Waals surface area (Å²) in [6.45, 7) is 8.84. The van der Waals surface area contributed by atoms with Crippen molar-refractivity contribution in [1.29, 1.82) is 0 Å². The van der Waals surface area contributed by atoms with E-state index in [0.29, 0.717) is 0 Å². The van der Waals surface area contributed by atoms with Crippen molar-refractivity contribution in [3.05, 3.63) is 41.0 Å². The number of hydrogen-bond donors (Lipinski definition) is 1. The van der Waals surface area contributed by atoms with E-state index in [-0.39, 0.29) is 6.03 Å². The quantitative estimate of drug-likeness (QED) is 0.827. The van der Waals surface area contributed by atoms with Crippen LogP contribution in [0.2, 0.25) is 0 Å². The van der Waals surface area contributed by atoms with Crippen LogP contribution in [0, 0.1) is 13.8 Å². The normalized spacial score (nSPS) is 18.8. The molecule has 1 aliphatic heterocycles. The molecule has 0 radical (unpaired) electrons. The zero-order valence-electron chi connectivity index (χ0n) is 15.7. The molecule has 1 aliphatic carbocycles. The minimum atomic E-state index is 0.0293. The molecule has 1 N–H and O–H groups in total. The van der Waals surface area contributed by atoms with Crippen molar-refractivity contribution >= 4 is 11.7 Å². The number of urea groups is 1. The predicted octanol–water partition coefficient (Wildman–Crippen LogP) is 4.34. The molecule has 1 aromatic rings. The van der Waals surface area contributed by atoms with Crippen LogP contribution in [0.3, 0.4) is 0 Å². The minimum Gasteiger partial charge on any atom is -0.322 e. The van der Waals surface area contributed by atoms with Crippen LogP contribution in [0.25, 0.3) is 0 Å². The maximum absolute atomic E-state index is 12.5. The average molecular weight is 341 g/mol. The summed E-state index contributed by atoms with van der Waals surface area (Å²) in [4.78, 5) is 16.9. The van der Waals surface area contributed by atoms with Crippen LogP contribution in [0.4, 0.5) is 10.5 Å². The van der Waals surface area contributed by atoms with E-state index >= 15 is 0 Å². The second kappa shape index (κ2) is 8.52. The largest absolute Gasteiger partial charge is 0.322 e. The smallest absolute Gasteiger partial charge is 0.321 e. The van der Waals surface area contributed by atoms with E-state index in [2.05, 4.69) is 29.3 Å². The fourth-order valence-electron chi connectivity index (χ4n) is 3.76. The van der Waals surface area contributed by atoms with E-state index in [4.69, 9.17) is 0 Å². The number of nitrogens with zero attached hydrogens (tertiary/aromatic N) is 2. The molecule has 25 heavy (non-hydrogen) atoms. The predicted molar refractivity (Wildman–Crippen MR) is 104 cm³/mol. The van der Waals surface area contributed by atoms with Gasteiger partial charge in [0.2, 0.25) is 0 Å². The summed E-state index contributed by atoms with van der Waals surface area (Å²) in [5, 5.41) is 3.07. The first kappa shape index (κ1) is 18.0. The SMILES string of the molecule is Cc1ccc(NC(=O)N2CCN(CCC3=CCCCC3)CC2)c(C)c1. The summed E-state index contributed by atoms with van der Waals surface area (Å²) < 4.78 is 0. The number of nitrogens with one attached hydrogen (secondary N) is 1. The second-order valence-electron chi connectivity index (χ2n) is 7.44. The first-order valence-corrected chi connectivity index (χ1v) is 9.65. The van der Waals surface area contributed by atoms with Gasteiger partial charge >= 0.3 is 6.03 Å². The van der Waals surface area contributed by atoms with Gasteiger partial charge in [-0.2, -0.15) is 0 Å². The number of rotatable bonds is 4. The maximum atomic E-state index is 12.5. The molecule has 1 saturated heterocycles. The Morgan fingerprint density at radius 2 is 1.92 bits per heavy atom. The maximum Gasteiger partial charge on any atom is 0.321 e. The van der Waals surface area contributed by atoms with Crippen LogP contribution in [0.1, 0.15) is 43.2 Å². The van der Waals surface area contributed by atoms with E-state index in [1.807, 2.05) is 24.0 Å². The van der Waals surface area contributed by atoms with Gasteiger partial charge in [-0.1, -0.05) is 29.3 Å². The van der Waals surface area contributed by atoms with E-state index in [1.165, 1.54) is 37.7 Å². The molecular weight excluding hydrogens is 310 g/mol. The standard InChI is InChI=1S/C21H31N3O/c1-17-8-9-20(18(2)16-17)22-21(25)24-14-12-23(13-15-24)11-10-19-6-4-3-5-7-19/h6,8-9,16H,3-5,7,10-15H2,1-2H3,(H,22,25). The molecule has 1 aromatic carbocycles. The molecule has 2 amide bonds. The molecule has 0 unspecified atom stereocenters. The van der Waals surface area contributed by atoms with Gasteiger partial charge in [0.1, 0.15) is 0 Å². The molecule has 0 saturated carbocycles. The third-order valence-corrected chi connectivity index (χ3v) is 5.42. The Balaban J connectivity index is 1.43. The third kappa shape index (κ3) is 5.08. The van der Waals surface area contributed by atoms with Crippen molar-refractivity contribution in [1.82, 2.24) is 9.80 Å². The summed E-state index contributed by atoms with van der Waals surface area (Å²) in [7, 11) is 0. The highest BCUT2D eigenvalue weighted by molar-refractivity contribution is 5.90. The lowest BCUT2D eigenvalue weighted by Gasteiger charge is -2.35. The summed E-state index contributed by atoms with van der Waals surface area (Å²) in [5.41, 5.74) is 4.90. The van der Waals surface area contributed by atoms with Crippen molar-refractivity contribution in [3.63, 3.8) is 0 Å². The zero-order chi connectivity index (χ0) is 17.6. The van der Waals surface area contributed by atoms with Gasteiger partial charge in [0.15, 0.2) is 0 Å². The Morgan fingerprint density at radius 1 is 1.12 bits per heavy atom. The molecule has 4 heteroatoms. The van der Waals surface area contributed by atoms with Crippen LogP contribution in [0.5, 0.6) is 0 Å². The summed E-state index contributed by atoms with van der Waals surface area (Å²) in [6, 6.07) is 6.17. The lowest BCUT2D eigenvalue weighted by atomic mass is 9.97. The number of anilines is 1. The van der Waals surface area contributed by atoms with Crippen molar-refractivity contribution < 1.29 is 4.79 Å². The first-order chi connectivity index (χ1) is 12.1. The molecule has 1 heterocycles. The Bertz CT molecular complexity index is 630. The fraction of sp³-hybridized carbons (Fsp3) is 0.571. The summed E-state index contributed by atoms with van der Waals surface area (Å²) in [5.74, 6) is 0. The lowest BCUT2D eigenvalue weighted by molar-refractivity contribution is 0.148. The van der Waals surface area contributed by atoms with E-state index in [1.54, 1.807) is 5.57 Å². The van der Waals surface area contributed by atoms with Gasteiger partial charge in [0.25, 0.3) is 0 Å². The number of piperazine rings is 1. The highest BCUT2D eigenvalue weighted by Crippen LogP contribution is 2.21. The minimum absolute atomic E-state index is 0.0293. The molecule has 2 aliphatic rings. The molecule has 0 aromatic heterocycles. The van der Waals surface area contributed by atoms with Crippen LogP contribution in [-0.4, -0.2) is 48.6 Å². The molecule has 0 atom stereocenters. The summed E-state index contributed by atoms with van der Waals surface area (Å²) in [6.07, 6.45) is 8.92. The highest BCUT2D eigenvalue weighted by atomic mass is 16.2. The number of amides is 2. The van der Waals surface area contributed by atoms with Crippen LogP contribution >= 0.6 is 0 Å². The van der Waals surface area contributed by atoms with Crippen LogP contribution in [-0.2, 0) is 0 Å². The number of allylic oxidation sites excluding steroid dienone is 1.